The predicted octanol–water partition coefficient (Wildman–Crippen LogP) is 3.53. The third kappa shape index (κ3) is 3.90. The van der Waals surface area contributed by atoms with Gasteiger partial charge in [-0.2, -0.15) is 0 Å². The van der Waals surface area contributed by atoms with Crippen molar-refractivity contribution in [1.82, 2.24) is 5.32 Å². The summed E-state index contributed by atoms with van der Waals surface area (Å²) >= 11 is 1.91. The van der Waals surface area contributed by atoms with E-state index in [2.05, 4.69) is 26.1 Å². The summed E-state index contributed by atoms with van der Waals surface area (Å²) < 4.78 is 0. The molecule has 2 fully saturated rings. The van der Waals surface area contributed by atoms with Gasteiger partial charge in [-0.1, -0.05) is 45.4 Å². The van der Waals surface area contributed by atoms with Gasteiger partial charge in [-0.15, -0.1) is 0 Å². The second-order valence-corrected chi connectivity index (χ2v) is 7.09. The molecule has 1 saturated carbocycles. The van der Waals surface area contributed by atoms with Crippen LogP contribution < -0.4 is 5.32 Å². The van der Waals surface area contributed by atoms with Crippen LogP contribution in [0.25, 0.3) is 0 Å². The molecule has 1 aliphatic carbocycles. The zero-order chi connectivity index (χ0) is 12.3. The molecule has 0 bridgehead atoms. The van der Waals surface area contributed by atoms with E-state index in [-0.39, 0.29) is 0 Å². The molecule has 1 heterocycles. The summed E-state index contributed by atoms with van der Waals surface area (Å²) in [5.74, 6) is 3.70. The Morgan fingerprint density at radius 3 is 2.59 bits per heavy atom. The van der Waals surface area contributed by atoms with Crippen LogP contribution in [0, 0.1) is 17.8 Å². The average Bonchev–Trinajstić information content (AvgIpc) is 2.77. The average molecular weight is 254 g/mol. The largest absolute Gasteiger partial charge is 0.361 e. The molecule has 0 radical (unpaired) electrons. The molecule has 0 aromatic heterocycles. The van der Waals surface area contributed by atoms with Gasteiger partial charge in [0.05, 0.1) is 0 Å². The SMILES string of the molecule is CC1CCC(CN=C2N[C@@H](C(C)C)CS2)CC1. The van der Waals surface area contributed by atoms with Crippen LogP contribution in [0.2, 0.25) is 0 Å². The highest BCUT2D eigenvalue weighted by Gasteiger charge is 2.23. The van der Waals surface area contributed by atoms with E-state index in [4.69, 9.17) is 4.99 Å². The Balaban J connectivity index is 1.74. The maximum atomic E-state index is 4.77. The smallest absolute Gasteiger partial charge is 0.156 e. The van der Waals surface area contributed by atoms with Gasteiger partial charge < -0.3 is 5.32 Å². The molecule has 0 amide bonds. The van der Waals surface area contributed by atoms with Gasteiger partial charge in [0.1, 0.15) is 0 Å². The fraction of sp³-hybridized carbons (Fsp3) is 0.929. The number of thioether (sulfide) groups is 1. The molecule has 98 valence electrons. The van der Waals surface area contributed by atoms with Gasteiger partial charge in [0.25, 0.3) is 0 Å². The van der Waals surface area contributed by atoms with E-state index in [0.29, 0.717) is 12.0 Å². The highest BCUT2D eigenvalue weighted by molar-refractivity contribution is 8.14. The van der Waals surface area contributed by atoms with Crippen molar-refractivity contribution >= 4 is 16.9 Å². The molecule has 2 aliphatic rings. The maximum Gasteiger partial charge on any atom is 0.156 e. The summed E-state index contributed by atoms with van der Waals surface area (Å²) in [4.78, 5) is 4.77. The number of hydrogen-bond donors (Lipinski definition) is 1. The Morgan fingerprint density at radius 1 is 1.29 bits per heavy atom. The van der Waals surface area contributed by atoms with Crippen molar-refractivity contribution in [2.24, 2.45) is 22.7 Å². The van der Waals surface area contributed by atoms with Crippen LogP contribution in [0.4, 0.5) is 0 Å². The molecule has 1 atom stereocenters. The molecule has 0 aromatic rings. The van der Waals surface area contributed by atoms with E-state index in [1.54, 1.807) is 0 Å². The topological polar surface area (TPSA) is 24.4 Å². The molecule has 2 rings (SSSR count). The standard InChI is InChI=1S/C14H26N2S/c1-10(2)13-9-17-14(16-13)15-8-12-6-4-11(3)5-7-12/h10-13H,4-9H2,1-3H3,(H,15,16)/t11?,12?,13-/m1/s1. The van der Waals surface area contributed by atoms with E-state index in [9.17, 15) is 0 Å². The van der Waals surface area contributed by atoms with E-state index < -0.39 is 0 Å². The Bertz CT molecular complexity index is 267. The van der Waals surface area contributed by atoms with Gasteiger partial charge in [-0.3, -0.25) is 4.99 Å². The van der Waals surface area contributed by atoms with E-state index in [1.807, 2.05) is 11.8 Å². The highest BCUT2D eigenvalue weighted by Crippen LogP contribution is 2.29. The van der Waals surface area contributed by atoms with Gasteiger partial charge in [-0.25, -0.2) is 0 Å². The number of aliphatic imine (C=N–C) groups is 1. The van der Waals surface area contributed by atoms with Crippen LogP contribution in [0.5, 0.6) is 0 Å². The maximum absolute atomic E-state index is 4.77. The van der Waals surface area contributed by atoms with Crippen molar-refractivity contribution in [3.63, 3.8) is 0 Å². The highest BCUT2D eigenvalue weighted by atomic mass is 32.2. The third-order valence-corrected chi connectivity index (χ3v) is 5.19. The Morgan fingerprint density at radius 2 is 2.00 bits per heavy atom. The fourth-order valence-corrected chi connectivity index (χ4v) is 3.79. The Hall–Kier alpha value is -0.180. The minimum Gasteiger partial charge on any atom is -0.361 e. The van der Waals surface area contributed by atoms with Crippen LogP contribution >= 0.6 is 11.8 Å². The quantitative estimate of drug-likeness (QED) is 0.833. The molecular weight excluding hydrogens is 228 g/mol. The van der Waals surface area contributed by atoms with Crippen molar-refractivity contribution in [3.05, 3.63) is 0 Å². The summed E-state index contributed by atoms with van der Waals surface area (Å²) in [6, 6.07) is 0.630. The van der Waals surface area contributed by atoms with Gasteiger partial charge in [0.2, 0.25) is 0 Å². The van der Waals surface area contributed by atoms with Crippen LogP contribution in [0.15, 0.2) is 4.99 Å². The molecule has 17 heavy (non-hydrogen) atoms. The number of amidine groups is 1. The number of hydrogen-bond acceptors (Lipinski definition) is 2. The monoisotopic (exact) mass is 254 g/mol. The number of rotatable bonds is 3. The van der Waals surface area contributed by atoms with Crippen molar-refractivity contribution in [3.8, 4) is 0 Å². The van der Waals surface area contributed by atoms with Crippen LogP contribution in [0.3, 0.4) is 0 Å². The predicted molar refractivity (Wildman–Crippen MR) is 77.6 cm³/mol. The van der Waals surface area contributed by atoms with Crippen LogP contribution in [-0.2, 0) is 0 Å². The second-order valence-electron chi connectivity index (χ2n) is 6.08. The van der Waals surface area contributed by atoms with Crippen LogP contribution in [0.1, 0.15) is 46.5 Å². The zero-order valence-corrected chi connectivity index (χ0v) is 12.2. The van der Waals surface area contributed by atoms with Crippen molar-refractivity contribution in [2.75, 3.05) is 12.3 Å². The number of nitrogens with zero attached hydrogens (tertiary/aromatic N) is 1. The van der Waals surface area contributed by atoms with Crippen molar-refractivity contribution in [1.29, 1.82) is 0 Å². The summed E-state index contributed by atoms with van der Waals surface area (Å²) in [5, 5.41) is 4.75. The lowest BCUT2D eigenvalue weighted by Crippen LogP contribution is -2.31. The minimum atomic E-state index is 0.630. The molecule has 0 spiro atoms. The molecule has 0 unspecified atom stereocenters. The fourth-order valence-electron chi connectivity index (χ4n) is 2.58. The molecule has 1 aliphatic heterocycles. The van der Waals surface area contributed by atoms with Gasteiger partial charge in [0.15, 0.2) is 5.17 Å². The molecular formula is C14H26N2S. The lowest BCUT2D eigenvalue weighted by molar-refractivity contribution is 0.296. The van der Waals surface area contributed by atoms with E-state index in [1.165, 1.54) is 36.6 Å². The first-order valence-electron chi connectivity index (χ1n) is 7.09. The third-order valence-electron chi connectivity index (χ3n) is 4.14. The summed E-state index contributed by atoms with van der Waals surface area (Å²) in [5.41, 5.74) is 0. The number of nitrogens with one attached hydrogen (secondary N) is 1. The Labute approximate surface area is 110 Å². The van der Waals surface area contributed by atoms with Crippen molar-refractivity contribution < 1.29 is 0 Å². The van der Waals surface area contributed by atoms with E-state index in [0.717, 1.165) is 18.4 Å². The molecule has 1 saturated heterocycles. The first-order chi connectivity index (χ1) is 8.15. The molecule has 2 nitrogen and oxygen atoms in total. The minimum absolute atomic E-state index is 0.630. The molecule has 1 N–H and O–H groups in total. The lowest BCUT2D eigenvalue weighted by Gasteiger charge is -2.24. The first kappa shape index (κ1) is 13.3. The zero-order valence-electron chi connectivity index (χ0n) is 11.4. The lowest BCUT2D eigenvalue weighted by atomic mass is 9.83. The molecule has 0 aromatic carbocycles. The Kier molecular flexibility index (Phi) is 4.78. The second kappa shape index (κ2) is 6.12. The van der Waals surface area contributed by atoms with Crippen LogP contribution in [-0.4, -0.2) is 23.5 Å². The van der Waals surface area contributed by atoms with Gasteiger partial charge in [-0.05, 0) is 30.6 Å². The summed E-state index contributed by atoms with van der Waals surface area (Å²) in [7, 11) is 0. The summed E-state index contributed by atoms with van der Waals surface area (Å²) in [6.07, 6.45) is 5.59. The van der Waals surface area contributed by atoms with Crippen molar-refractivity contribution in [2.45, 2.75) is 52.5 Å². The van der Waals surface area contributed by atoms with Gasteiger partial charge >= 0.3 is 0 Å². The van der Waals surface area contributed by atoms with E-state index >= 15 is 0 Å². The summed E-state index contributed by atoms with van der Waals surface area (Å²) in [6.45, 7) is 7.99. The first-order valence-corrected chi connectivity index (χ1v) is 8.07. The van der Waals surface area contributed by atoms with Gasteiger partial charge in [0, 0.05) is 18.3 Å². The molecule has 3 heteroatoms. The normalized spacial score (nSPS) is 36.5.